The number of nitrogens with one attached hydrogen (secondary N) is 1. The Morgan fingerprint density at radius 3 is 2.63 bits per heavy atom. The number of carbonyl (C=O) groups is 1. The molecular weight excluding hydrogens is 240 g/mol. The molecule has 2 rings (SSSR count). The lowest BCUT2D eigenvalue weighted by molar-refractivity contribution is 0.0290. The van der Waals surface area contributed by atoms with Gasteiger partial charge in [-0.2, -0.15) is 0 Å². The van der Waals surface area contributed by atoms with Gasteiger partial charge >= 0.3 is 6.09 Å². The molecule has 110 valence electrons. The summed E-state index contributed by atoms with van der Waals surface area (Å²) in [6.45, 7) is 9.58. The summed E-state index contributed by atoms with van der Waals surface area (Å²) >= 11 is 0. The minimum Gasteiger partial charge on any atom is -0.444 e. The van der Waals surface area contributed by atoms with Crippen LogP contribution >= 0.6 is 0 Å². The number of nitrogens with zero attached hydrogens (tertiary/aromatic N) is 1. The van der Waals surface area contributed by atoms with Gasteiger partial charge in [-0.25, -0.2) is 4.79 Å². The number of ether oxygens (including phenoxy) is 1. The van der Waals surface area contributed by atoms with Gasteiger partial charge in [0.15, 0.2) is 0 Å². The molecule has 1 aliphatic heterocycles. The molecular formula is C15H28N2O2. The van der Waals surface area contributed by atoms with Crippen molar-refractivity contribution >= 4 is 6.09 Å². The number of hydrogen-bond acceptors (Lipinski definition) is 3. The van der Waals surface area contributed by atoms with Gasteiger partial charge in [0.2, 0.25) is 0 Å². The highest BCUT2D eigenvalue weighted by molar-refractivity contribution is 5.68. The minimum atomic E-state index is -0.401. The zero-order valence-electron chi connectivity index (χ0n) is 12.7. The van der Waals surface area contributed by atoms with Crippen LogP contribution in [0.2, 0.25) is 0 Å². The number of hydrogen-bond donors (Lipinski definition) is 1. The summed E-state index contributed by atoms with van der Waals surface area (Å²) in [5, 5.41) is 3.65. The second-order valence-electron chi connectivity index (χ2n) is 7.16. The van der Waals surface area contributed by atoms with Crippen LogP contribution in [0.3, 0.4) is 0 Å². The molecule has 0 aromatic heterocycles. The standard InChI is InChI=1S/C15H28N2O2/c1-11(9-12-5-6-12)16-13-7-8-17(10-13)14(18)19-15(2,3)4/h11-13,16H,5-10H2,1-4H3. The summed E-state index contributed by atoms with van der Waals surface area (Å²) in [5.41, 5.74) is -0.401. The maximum Gasteiger partial charge on any atom is 0.410 e. The average molecular weight is 268 g/mol. The van der Waals surface area contributed by atoms with Crippen LogP contribution in [0.1, 0.15) is 53.4 Å². The van der Waals surface area contributed by atoms with E-state index in [1.807, 2.05) is 25.7 Å². The van der Waals surface area contributed by atoms with Crippen molar-refractivity contribution in [2.75, 3.05) is 13.1 Å². The van der Waals surface area contributed by atoms with Crippen molar-refractivity contribution in [3.8, 4) is 0 Å². The number of rotatable bonds is 4. The molecule has 0 radical (unpaired) electrons. The third kappa shape index (κ3) is 5.01. The highest BCUT2D eigenvalue weighted by Gasteiger charge is 2.31. The molecule has 1 N–H and O–H groups in total. The highest BCUT2D eigenvalue weighted by atomic mass is 16.6. The number of likely N-dealkylation sites (tertiary alicyclic amines) is 1. The van der Waals surface area contributed by atoms with Gasteiger partial charge in [0.1, 0.15) is 5.60 Å². The quantitative estimate of drug-likeness (QED) is 0.852. The lowest BCUT2D eigenvalue weighted by atomic mass is 10.1. The van der Waals surface area contributed by atoms with Crippen LogP contribution in [0.4, 0.5) is 4.79 Å². The van der Waals surface area contributed by atoms with Crippen LogP contribution in [0, 0.1) is 5.92 Å². The Labute approximate surface area is 116 Å². The molecule has 2 aliphatic rings. The average Bonchev–Trinajstić information content (AvgIpc) is 2.92. The van der Waals surface area contributed by atoms with E-state index in [1.54, 1.807) is 0 Å². The number of carbonyl (C=O) groups excluding carboxylic acids is 1. The predicted octanol–water partition coefficient (Wildman–Crippen LogP) is 2.77. The van der Waals surface area contributed by atoms with Crippen LogP contribution in [0.5, 0.6) is 0 Å². The molecule has 19 heavy (non-hydrogen) atoms. The second-order valence-corrected chi connectivity index (χ2v) is 7.16. The summed E-state index contributed by atoms with van der Waals surface area (Å²) in [6.07, 6.45) is 4.95. The minimum absolute atomic E-state index is 0.174. The molecule has 1 saturated heterocycles. The van der Waals surface area contributed by atoms with E-state index in [0.717, 1.165) is 25.4 Å². The van der Waals surface area contributed by atoms with Crippen LogP contribution in [0.15, 0.2) is 0 Å². The van der Waals surface area contributed by atoms with Crippen LogP contribution in [0.25, 0.3) is 0 Å². The van der Waals surface area contributed by atoms with Gasteiger partial charge in [-0.1, -0.05) is 12.8 Å². The molecule has 4 heteroatoms. The van der Waals surface area contributed by atoms with E-state index < -0.39 is 5.60 Å². The Kier molecular flexibility index (Phi) is 4.39. The fraction of sp³-hybridized carbons (Fsp3) is 0.933. The van der Waals surface area contributed by atoms with Gasteiger partial charge < -0.3 is 15.0 Å². The van der Waals surface area contributed by atoms with E-state index in [9.17, 15) is 4.79 Å². The van der Waals surface area contributed by atoms with Crippen molar-refractivity contribution in [1.82, 2.24) is 10.2 Å². The molecule has 0 aromatic carbocycles. The van der Waals surface area contributed by atoms with Crippen molar-refractivity contribution in [2.24, 2.45) is 5.92 Å². The molecule has 1 saturated carbocycles. The Bertz CT molecular complexity index is 321. The summed E-state index contributed by atoms with van der Waals surface area (Å²) in [7, 11) is 0. The van der Waals surface area contributed by atoms with Crippen molar-refractivity contribution in [2.45, 2.75) is 71.1 Å². The maximum atomic E-state index is 12.0. The van der Waals surface area contributed by atoms with Gasteiger partial charge in [0.05, 0.1) is 0 Å². The molecule has 1 heterocycles. The topological polar surface area (TPSA) is 41.6 Å². The van der Waals surface area contributed by atoms with Gasteiger partial charge in [0, 0.05) is 25.2 Å². The van der Waals surface area contributed by atoms with Gasteiger partial charge in [0.25, 0.3) is 0 Å². The highest BCUT2D eigenvalue weighted by Crippen LogP contribution is 2.33. The number of amides is 1. The molecule has 2 unspecified atom stereocenters. The first-order valence-corrected chi connectivity index (χ1v) is 7.57. The summed E-state index contributed by atoms with van der Waals surface area (Å²) < 4.78 is 5.41. The van der Waals surface area contributed by atoms with E-state index in [4.69, 9.17) is 4.74 Å². The fourth-order valence-corrected chi connectivity index (χ4v) is 2.71. The third-order valence-corrected chi connectivity index (χ3v) is 3.74. The Balaban J connectivity index is 1.71. The third-order valence-electron chi connectivity index (χ3n) is 3.74. The van der Waals surface area contributed by atoms with Crippen molar-refractivity contribution in [3.63, 3.8) is 0 Å². The van der Waals surface area contributed by atoms with Crippen molar-refractivity contribution in [1.29, 1.82) is 0 Å². The molecule has 1 amide bonds. The van der Waals surface area contributed by atoms with E-state index in [0.29, 0.717) is 12.1 Å². The monoisotopic (exact) mass is 268 g/mol. The summed E-state index contributed by atoms with van der Waals surface area (Å²) in [5.74, 6) is 0.950. The molecule has 0 spiro atoms. The molecule has 2 atom stereocenters. The SMILES string of the molecule is CC(CC1CC1)NC1CCN(C(=O)OC(C)(C)C)C1. The first kappa shape index (κ1) is 14.6. The van der Waals surface area contributed by atoms with E-state index in [2.05, 4.69) is 12.2 Å². The summed E-state index contributed by atoms with van der Waals surface area (Å²) in [4.78, 5) is 13.8. The lowest BCUT2D eigenvalue weighted by Gasteiger charge is -2.25. The second kappa shape index (κ2) is 5.70. The van der Waals surface area contributed by atoms with Gasteiger partial charge in [-0.05, 0) is 46.5 Å². The normalized spacial score (nSPS) is 25.5. The first-order valence-electron chi connectivity index (χ1n) is 7.57. The van der Waals surface area contributed by atoms with E-state index in [1.165, 1.54) is 19.3 Å². The molecule has 0 bridgehead atoms. The van der Waals surface area contributed by atoms with Crippen molar-refractivity contribution < 1.29 is 9.53 Å². The largest absolute Gasteiger partial charge is 0.444 e. The molecule has 1 aliphatic carbocycles. The van der Waals surface area contributed by atoms with E-state index >= 15 is 0 Å². The molecule has 2 fully saturated rings. The smallest absolute Gasteiger partial charge is 0.410 e. The van der Waals surface area contributed by atoms with Gasteiger partial charge in [-0.15, -0.1) is 0 Å². The Morgan fingerprint density at radius 1 is 1.37 bits per heavy atom. The first-order chi connectivity index (χ1) is 8.83. The van der Waals surface area contributed by atoms with Crippen LogP contribution in [-0.4, -0.2) is 41.8 Å². The Hall–Kier alpha value is -0.770. The van der Waals surface area contributed by atoms with Crippen LogP contribution in [-0.2, 0) is 4.74 Å². The zero-order valence-corrected chi connectivity index (χ0v) is 12.7. The summed E-state index contributed by atoms with van der Waals surface area (Å²) in [6, 6.07) is 0.998. The van der Waals surface area contributed by atoms with Gasteiger partial charge in [-0.3, -0.25) is 0 Å². The van der Waals surface area contributed by atoms with E-state index in [-0.39, 0.29) is 6.09 Å². The molecule has 0 aromatic rings. The molecule has 4 nitrogen and oxygen atoms in total. The predicted molar refractivity (Wildman–Crippen MR) is 76.2 cm³/mol. The maximum absolute atomic E-state index is 12.0. The van der Waals surface area contributed by atoms with Crippen LogP contribution < -0.4 is 5.32 Å². The zero-order chi connectivity index (χ0) is 14.0. The Morgan fingerprint density at radius 2 is 2.05 bits per heavy atom. The van der Waals surface area contributed by atoms with Crippen molar-refractivity contribution in [3.05, 3.63) is 0 Å². The fourth-order valence-electron chi connectivity index (χ4n) is 2.71. The lowest BCUT2D eigenvalue weighted by Crippen LogP contribution is -2.41.